The van der Waals surface area contributed by atoms with Crippen molar-refractivity contribution < 1.29 is 4.48 Å². The molecule has 0 amide bonds. The number of hydrogen-bond donors (Lipinski definition) is 0. The van der Waals surface area contributed by atoms with E-state index in [0.29, 0.717) is 10.8 Å². The molecule has 18 heavy (non-hydrogen) atoms. The van der Waals surface area contributed by atoms with E-state index in [0.717, 1.165) is 0 Å². The van der Waals surface area contributed by atoms with Gasteiger partial charge in [-0.1, -0.05) is 41.0 Å². The van der Waals surface area contributed by atoms with Gasteiger partial charge in [0.05, 0.1) is 26.2 Å². The maximum atomic E-state index is 2.64. The highest BCUT2D eigenvalue weighted by molar-refractivity contribution is 4.81. The van der Waals surface area contributed by atoms with Crippen LogP contribution in [0.1, 0.15) is 47.5 Å². The summed E-state index contributed by atoms with van der Waals surface area (Å²) in [5.41, 5.74) is 0.985. The fourth-order valence-electron chi connectivity index (χ4n) is 4.35. The predicted octanol–water partition coefficient (Wildman–Crippen LogP) is 2.98. The molecule has 0 aromatic rings. The van der Waals surface area contributed by atoms with E-state index in [4.69, 9.17) is 0 Å². The van der Waals surface area contributed by atoms with Crippen LogP contribution in [-0.4, -0.2) is 55.2 Å². The number of fused-ring (bicyclic) bond motifs is 3. The third-order valence-corrected chi connectivity index (χ3v) is 5.35. The number of nitrogens with zero attached hydrogens (tertiary/aromatic N) is 2. The molecule has 0 spiro atoms. The molecular formula is C16H33N2+. The molecule has 0 N–H and O–H groups in total. The number of rotatable bonds is 5. The van der Waals surface area contributed by atoms with Gasteiger partial charge in [-0.2, -0.15) is 0 Å². The van der Waals surface area contributed by atoms with Gasteiger partial charge in [0, 0.05) is 25.0 Å². The topological polar surface area (TPSA) is 3.24 Å². The minimum Gasteiger partial charge on any atom is -0.320 e. The van der Waals surface area contributed by atoms with Gasteiger partial charge >= 0.3 is 0 Å². The van der Waals surface area contributed by atoms with Gasteiger partial charge in [0.1, 0.15) is 0 Å². The van der Waals surface area contributed by atoms with Crippen LogP contribution >= 0.6 is 0 Å². The predicted molar refractivity (Wildman–Crippen MR) is 78.6 cm³/mol. The van der Waals surface area contributed by atoms with Crippen molar-refractivity contribution in [2.45, 2.75) is 47.5 Å². The summed E-state index contributed by atoms with van der Waals surface area (Å²) in [6, 6.07) is 0. The van der Waals surface area contributed by atoms with Gasteiger partial charge in [-0.3, -0.25) is 4.90 Å². The summed E-state index contributed by atoms with van der Waals surface area (Å²) in [6.07, 6.45) is 2.66. The van der Waals surface area contributed by atoms with Crippen molar-refractivity contribution in [3.63, 3.8) is 0 Å². The van der Waals surface area contributed by atoms with Crippen molar-refractivity contribution in [3.8, 4) is 0 Å². The zero-order valence-electron chi connectivity index (χ0n) is 13.3. The zero-order valence-corrected chi connectivity index (χ0v) is 13.3. The van der Waals surface area contributed by atoms with E-state index >= 15 is 0 Å². The molecule has 0 aliphatic carbocycles. The number of piperazine rings is 3. The Labute approximate surface area is 114 Å². The Morgan fingerprint density at radius 3 is 1.83 bits per heavy atom. The van der Waals surface area contributed by atoms with E-state index in [1.807, 2.05) is 0 Å². The molecule has 106 valence electrons. The van der Waals surface area contributed by atoms with Crippen LogP contribution in [0.2, 0.25) is 0 Å². The quantitative estimate of drug-likeness (QED) is 0.681. The average Bonchev–Trinajstić information content (AvgIpc) is 2.28. The third kappa shape index (κ3) is 3.27. The van der Waals surface area contributed by atoms with Crippen LogP contribution in [0.15, 0.2) is 0 Å². The van der Waals surface area contributed by atoms with Crippen LogP contribution in [0.5, 0.6) is 0 Å². The van der Waals surface area contributed by atoms with Gasteiger partial charge in [-0.05, 0) is 11.8 Å². The molecule has 3 saturated heterocycles. The SMILES string of the molecule is CCC(C)(C)CC(C)(C)C[N+]12CCN(CC1)CC2. The van der Waals surface area contributed by atoms with Crippen LogP contribution in [-0.2, 0) is 0 Å². The van der Waals surface area contributed by atoms with Crippen LogP contribution in [0.4, 0.5) is 0 Å². The second-order valence-electron chi connectivity index (χ2n) is 8.37. The lowest BCUT2D eigenvalue weighted by Gasteiger charge is -2.53. The van der Waals surface area contributed by atoms with E-state index in [9.17, 15) is 0 Å². The summed E-state index contributed by atoms with van der Waals surface area (Å²) in [4.78, 5) is 2.64. The minimum absolute atomic E-state index is 0.485. The lowest BCUT2D eigenvalue weighted by atomic mass is 9.73. The number of quaternary nitrogens is 1. The van der Waals surface area contributed by atoms with Crippen molar-refractivity contribution in [2.75, 3.05) is 45.8 Å². The maximum Gasteiger partial charge on any atom is 0.0916 e. The first kappa shape index (κ1) is 14.3. The number of hydrogen-bond acceptors (Lipinski definition) is 1. The summed E-state index contributed by atoms with van der Waals surface area (Å²) >= 11 is 0. The second kappa shape index (κ2) is 4.79. The summed E-state index contributed by atoms with van der Waals surface area (Å²) in [7, 11) is 0. The molecule has 3 fully saturated rings. The standard InChI is InChI=1S/C16H33N2/c1-6-15(2,3)13-16(4,5)14-18-10-7-17(8-11-18)9-12-18/h6-14H2,1-5H3/q+1. The van der Waals surface area contributed by atoms with Gasteiger partial charge in [0.25, 0.3) is 0 Å². The third-order valence-electron chi connectivity index (χ3n) is 5.35. The minimum atomic E-state index is 0.485. The maximum absolute atomic E-state index is 2.64. The van der Waals surface area contributed by atoms with Crippen molar-refractivity contribution >= 4 is 0 Å². The molecule has 3 rings (SSSR count). The Kier molecular flexibility index (Phi) is 3.81. The smallest absolute Gasteiger partial charge is 0.0916 e. The summed E-state index contributed by atoms with van der Waals surface area (Å²) in [5.74, 6) is 0. The molecule has 0 atom stereocenters. The highest BCUT2D eigenvalue weighted by atomic mass is 15.5. The molecule has 0 unspecified atom stereocenters. The Morgan fingerprint density at radius 1 is 0.889 bits per heavy atom. The molecule has 0 aromatic carbocycles. The fraction of sp³-hybridized carbons (Fsp3) is 1.00. The molecule has 2 bridgehead atoms. The normalized spacial score (nSPS) is 32.8. The fourth-order valence-corrected chi connectivity index (χ4v) is 4.35. The van der Waals surface area contributed by atoms with Gasteiger partial charge in [0.15, 0.2) is 0 Å². The van der Waals surface area contributed by atoms with E-state index in [1.165, 1.54) is 63.1 Å². The van der Waals surface area contributed by atoms with Crippen LogP contribution in [0, 0.1) is 10.8 Å². The van der Waals surface area contributed by atoms with Crippen molar-refractivity contribution in [2.24, 2.45) is 10.8 Å². The lowest BCUT2D eigenvalue weighted by Crippen LogP contribution is -2.69. The Balaban J connectivity index is 1.98. The largest absolute Gasteiger partial charge is 0.320 e. The Hall–Kier alpha value is -0.0800. The molecule has 2 heteroatoms. The van der Waals surface area contributed by atoms with Crippen molar-refractivity contribution in [1.29, 1.82) is 0 Å². The highest BCUT2D eigenvalue weighted by Crippen LogP contribution is 2.38. The molecule has 3 aliphatic heterocycles. The van der Waals surface area contributed by atoms with Gasteiger partial charge in [-0.25, -0.2) is 0 Å². The van der Waals surface area contributed by atoms with Crippen LogP contribution in [0.25, 0.3) is 0 Å². The first-order valence-electron chi connectivity index (χ1n) is 7.83. The van der Waals surface area contributed by atoms with Gasteiger partial charge in [0.2, 0.25) is 0 Å². The van der Waals surface area contributed by atoms with E-state index in [2.05, 4.69) is 39.5 Å². The van der Waals surface area contributed by atoms with Crippen LogP contribution in [0.3, 0.4) is 0 Å². The first-order chi connectivity index (χ1) is 8.26. The molecule has 3 aliphatic rings. The van der Waals surface area contributed by atoms with Crippen molar-refractivity contribution in [1.82, 2.24) is 4.90 Å². The second-order valence-corrected chi connectivity index (χ2v) is 8.37. The zero-order chi connectivity index (χ0) is 13.4. The molecule has 0 radical (unpaired) electrons. The monoisotopic (exact) mass is 253 g/mol. The molecule has 2 nitrogen and oxygen atoms in total. The van der Waals surface area contributed by atoms with Crippen molar-refractivity contribution in [3.05, 3.63) is 0 Å². The Bertz CT molecular complexity index is 272. The first-order valence-corrected chi connectivity index (χ1v) is 7.83. The highest BCUT2D eigenvalue weighted by Gasteiger charge is 2.43. The summed E-state index contributed by atoms with van der Waals surface area (Å²) in [6.45, 7) is 21.8. The molecular weight excluding hydrogens is 220 g/mol. The Morgan fingerprint density at radius 2 is 1.39 bits per heavy atom. The average molecular weight is 253 g/mol. The van der Waals surface area contributed by atoms with Gasteiger partial charge < -0.3 is 4.48 Å². The van der Waals surface area contributed by atoms with Crippen LogP contribution < -0.4 is 0 Å². The van der Waals surface area contributed by atoms with E-state index in [-0.39, 0.29) is 0 Å². The van der Waals surface area contributed by atoms with E-state index in [1.54, 1.807) is 0 Å². The summed E-state index contributed by atoms with van der Waals surface area (Å²) in [5, 5.41) is 0. The molecule has 0 saturated carbocycles. The van der Waals surface area contributed by atoms with E-state index < -0.39 is 0 Å². The molecule has 3 heterocycles. The lowest BCUT2D eigenvalue weighted by molar-refractivity contribution is -0.946. The summed E-state index contributed by atoms with van der Waals surface area (Å²) < 4.78 is 1.41. The van der Waals surface area contributed by atoms with Gasteiger partial charge in [-0.15, -0.1) is 0 Å². The molecule has 0 aromatic heterocycles.